The Bertz CT molecular complexity index is 1470. The van der Waals surface area contributed by atoms with E-state index in [-0.39, 0.29) is 29.6 Å². The number of hydrogen-bond donors (Lipinski definition) is 2. The molecule has 3 atom stereocenters. The van der Waals surface area contributed by atoms with Crippen LogP contribution >= 0.6 is 0 Å². The van der Waals surface area contributed by atoms with Crippen LogP contribution < -0.4 is 29.0 Å². The van der Waals surface area contributed by atoms with E-state index in [1.807, 2.05) is 18.2 Å². The van der Waals surface area contributed by atoms with Gasteiger partial charge in [0.05, 0.1) is 30.8 Å². The molecule has 2 N–H and O–H groups in total. The van der Waals surface area contributed by atoms with Gasteiger partial charge in [0.25, 0.3) is 10.0 Å². The third-order valence-electron chi connectivity index (χ3n) is 7.05. The zero-order valence-electron chi connectivity index (χ0n) is 19.9. The van der Waals surface area contributed by atoms with E-state index in [4.69, 9.17) is 18.9 Å². The largest absolute Gasteiger partial charge is 0.497 e. The van der Waals surface area contributed by atoms with Crippen molar-refractivity contribution < 1.29 is 27.4 Å². The molecule has 0 amide bonds. The zero-order valence-corrected chi connectivity index (χ0v) is 20.7. The number of anilines is 2. The van der Waals surface area contributed by atoms with Crippen LogP contribution in [0.25, 0.3) is 0 Å². The summed E-state index contributed by atoms with van der Waals surface area (Å²) in [6.07, 6.45) is 5.25. The summed E-state index contributed by atoms with van der Waals surface area (Å²) in [7, 11) is -0.824. The minimum atomic E-state index is -3.85. The minimum Gasteiger partial charge on any atom is -0.497 e. The van der Waals surface area contributed by atoms with Crippen molar-refractivity contribution in [3.63, 3.8) is 0 Å². The minimum absolute atomic E-state index is 0.0659. The number of sulfonamides is 1. The maximum absolute atomic E-state index is 13.3. The molecular weight excluding hydrogens is 480 g/mol. The Morgan fingerprint density at radius 3 is 2.67 bits per heavy atom. The predicted octanol–water partition coefficient (Wildman–Crippen LogP) is 5.06. The summed E-state index contributed by atoms with van der Waals surface area (Å²) >= 11 is 0. The number of rotatable bonds is 6. The number of methoxy groups -OCH3 is 2. The molecule has 2 heterocycles. The molecule has 6 rings (SSSR count). The normalized spacial score (nSPS) is 21.3. The first kappa shape index (κ1) is 22.6. The highest BCUT2D eigenvalue weighted by molar-refractivity contribution is 7.92. The highest BCUT2D eigenvalue weighted by Crippen LogP contribution is 2.51. The molecule has 0 bridgehead atoms. The van der Waals surface area contributed by atoms with Crippen LogP contribution in [-0.4, -0.2) is 29.4 Å². The average molecular weight is 507 g/mol. The van der Waals surface area contributed by atoms with Gasteiger partial charge in [0.1, 0.15) is 11.5 Å². The summed E-state index contributed by atoms with van der Waals surface area (Å²) in [5.41, 5.74) is 3.35. The third-order valence-corrected chi connectivity index (χ3v) is 8.42. The highest BCUT2D eigenvalue weighted by Gasteiger charge is 2.39. The molecule has 36 heavy (non-hydrogen) atoms. The second kappa shape index (κ2) is 8.67. The van der Waals surface area contributed by atoms with Crippen LogP contribution in [0.15, 0.2) is 71.6 Å². The highest BCUT2D eigenvalue weighted by atomic mass is 32.2. The molecule has 9 heteroatoms. The molecule has 0 aromatic heterocycles. The van der Waals surface area contributed by atoms with Gasteiger partial charge >= 0.3 is 0 Å². The molecule has 0 saturated carbocycles. The summed E-state index contributed by atoms with van der Waals surface area (Å²) < 4.78 is 50.9. The van der Waals surface area contributed by atoms with Gasteiger partial charge in [-0.3, -0.25) is 4.72 Å². The number of benzene rings is 3. The predicted molar refractivity (Wildman–Crippen MR) is 136 cm³/mol. The molecule has 1 aliphatic carbocycles. The van der Waals surface area contributed by atoms with E-state index in [0.29, 0.717) is 17.2 Å². The molecule has 8 nitrogen and oxygen atoms in total. The Morgan fingerprint density at radius 2 is 1.83 bits per heavy atom. The van der Waals surface area contributed by atoms with Crippen LogP contribution in [0.5, 0.6) is 23.0 Å². The fraction of sp³-hybridized carbons (Fsp3) is 0.259. The second-order valence-electron chi connectivity index (χ2n) is 9.01. The Morgan fingerprint density at radius 1 is 0.972 bits per heavy atom. The summed E-state index contributed by atoms with van der Waals surface area (Å²) in [6.45, 7) is 0.237. The maximum Gasteiger partial charge on any atom is 0.262 e. The quantitative estimate of drug-likeness (QED) is 0.451. The molecule has 0 unspecified atom stereocenters. The molecule has 0 fully saturated rings. The molecule has 3 aliphatic rings. The second-order valence-corrected chi connectivity index (χ2v) is 10.7. The Kier molecular flexibility index (Phi) is 5.44. The van der Waals surface area contributed by atoms with Crippen LogP contribution in [-0.2, 0) is 10.0 Å². The van der Waals surface area contributed by atoms with Crippen molar-refractivity contribution in [1.82, 2.24) is 0 Å². The van der Waals surface area contributed by atoms with Crippen LogP contribution in [0.3, 0.4) is 0 Å². The van der Waals surface area contributed by atoms with E-state index in [9.17, 15) is 8.42 Å². The topological polar surface area (TPSA) is 95.1 Å². The Hall–Kier alpha value is -3.85. The number of ether oxygens (including phenoxy) is 4. The van der Waals surface area contributed by atoms with E-state index in [1.54, 1.807) is 37.4 Å². The van der Waals surface area contributed by atoms with Gasteiger partial charge in [-0.25, -0.2) is 8.42 Å². The van der Waals surface area contributed by atoms with E-state index >= 15 is 0 Å². The molecule has 2 aliphatic heterocycles. The van der Waals surface area contributed by atoms with Crippen molar-refractivity contribution in [2.75, 3.05) is 31.1 Å². The van der Waals surface area contributed by atoms with Crippen LogP contribution in [0.1, 0.15) is 29.5 Å². The molecule has 3 aromatic carbocycles. The zero-order chi connectivity index (χ0) is 24.9. The van der Waals surface area contributed by atoms with Gasteiger partial charge < -0.3 is 24.3 Å². The first-order valence-corrected chi connectivity index (χ1v) is 13.2. The van der Waals surface area contributed by atoms with Gasteiger partial charge in [-0.05, 0) is 65.9 Å². The smallest absolute Gasteiger partial charge is 0.262 e. The molecule has 0 saturated heterocycles. The summed E-state index contributed by atoms with van der Waals surface area (Å²) in [5.74, 6) is 2.82. The van der Waals surface area contributed by atoms with Crippen molar-refractivity contribution in [2.24, 2.45) is 5.92 Å². The Labute approximate surface area is 209 Å². The SMILES string of the molecule is COc1ccc(NS(=O)(=O)c2ccc3c(c2)[C@H]2C=CC[C@H]2[C@@H](c2ccc4c(c2)OCO4)N3)c(OC)c1. The molecular formula is C27H26N2O6S. The average Bonchev–Trinajstić information content (AvgIpc) is 3.57. The van der Waals surface area contributed by atoms with E-state index in [0.717, 1.165) is 34.7 Å². The van der Waals surface area contributed by atoms with Gasteiger partial charge in [-0.1, -0.05) is 18.2 Å². The van der Waals surface area contributed by atoms with Crippen molar-refractivity contribution in [3.05, 3.63) is 77.9 Å². The summed E-state index contributed by atoms with van der Waals surface area (Å²) in [6, 6.07) is 16.3. The van der Waals surface area contributed by atoms with Crippen molar-refractivity contribution in [3.8, 4) is 23.0 Å². The van der Waals surface area contributed by atoms with Gasteiger partial charge in [0, 0.05) is 17.7 Å². The monoisotopic (exact) mass is 506 g/mol. The van der Waals surface area contributed by atoms with Gasteiger partial charge in [-0.15, -0.1) is 0 Å². The molecule has 0 spiro atoms. The summed E-state index contributed by atoms with van der Waals surface area (Å²) in [5, 5.41) is 3.65. The van der Waals surface area contributed by atoms with Gasteiger partial charge in [0.2, 0.25) is 6.79 Å². The number of hydrogen-bond acceptors (Lipinski definition) is 7. The van der Waals surface area contributed by atoms with Crippen molar-refractivity contribution >= 4 is 21.4 Å². The third kappa shape index (κ3) is 3.80. The maximum atomic E-state index is 13.3. The lowest BCUT2D eigenvalue weighted by atomic mass is 9.77. The lowest BCUT2D eigenvalue weighted by Crippen LogP contribution is -2.29. The van der Waals surface area contributed by atoms with Crippen LogP contribution in [0.4, 0.5) is 11.4 Å². The molecule has 0 radical (unpaired) electrons. The number of nitrogens with one attached hydrogen (secondary N) is 2. The van der Waals surface area contributed by atoms with Gasteiger partial charge in [0.15, 0.2) is 11.5 Å². The van der Waals surface area contributed by atoms with Crippen molar-refractivity contribution in [2.45, 2.75) is 23.3 Å². The van der Waals surface area contributed by atoms with E-state index in [1.165, 1.54) is 7.11 Å². The fourth-order valence-corrected chi connectivity index (χ4v) is 6.37. The summed E-state index contributed by atoms with van der Waals surface area (Å²) in [4.78, 5) is 0.196. The standard InChI is InChI=1S/C27H26N2O6S/c1-32-17-7-9-23(25(13-17)33-2)29-36(30,31)18-8-10-22-21(14-18)19-4-3-5-20(19)27(28-22)16-6-11-24-26(12-16)35-15-34-24/h3-4,6-14,19-20,27-29H,5,15H2,1-2H3/t19-,20+,27+/m0/s1. The molecule has 186 valence electrons. The van der Waals surface area contributed by atoms with E-state index in [2.05, 4.69) is 28.3 Å². The lowest BCUT2D eigenvalue weighted by Gasteiger charge is -2.37. The van der Waals surface area contributed by atoms with Crippen LogP contribution in [0, 0.1) is 5.92 Å². The first-order valence-electron chi connectivity index (χ1n) is 11.7. The van der Waals surface area contributed by atoms with Crippen LogP contribution in [0.2, 0.25) is 0 Å². The van der Waals surface area contributed by atoms with Crippen molar-refractivity contribution in [1.29, 1.82) is 0 Å². The lowest BCUT2D eigenvalue weighted by molar-refractivity contribution is 0.174. The number of allylic oxidation sites excluding steroid dienone is 2. The fourth-order valence-electron chi connectivity index (χ4n) is 5.26. The Balaban J connectivity index is 1.32. The number of fused-ring (bicyclic) bond motifs is 4. The van der Waals surface area contributed by atoms with E-state index < -0.39 is 10.0 Å². The molecule has 3 aromatic rings. The van der Waals surface area contributed by atoms with Gasteiger partial charge in [-0.2, -0.15) is 0 Å². The first-order chi connectivity index (χ1) is 17.5.